The molecule has 1 fully saturated rings. The van der Waals surface area contributed by atoms with Gasteiger partial charge in [-0.3, -0.25) is 0 Å². The number of hydrogen-bond donors (Lipinski definition) is 0. The van der Waals surface area contributed by atoms with E-state index in [1.54, 1.807) is 0 Å². The summed E-state index contributed by atoms with van der Waals surface area (Å²) >= 11 is 3.43. The van der Waals surface area contributed by atoms with Crippen LogP contribution in [0.2, 0.25) is 0 Å². The molecule has 1 aromatic carbocycles. The summed E-state index contributed by atoms with van der Waals surface area (Å²) in [5.41, 5.74) is 1.30. The smallest absolute Gasteiger partial charge is 0.0829 e. The molecule has 1 nitrogen and oxygen atoms in total. The van der Waals surface area contributed by atoms with E-state index in [4.69, 9.17) is 4.74 Å². The largest absolute Gasteiger partial charge is 0.371 e. The molecule has 1 saturated heterocycles. The SMILES string of the molecule is CC1CCC(c2ccc(Br)cc2)O1. The molecule has 0 saturated carbocycles. The van der Waals surface area contributed by atoms with E-state index in [-0.39, 0.29) is 0 Å². The van der Waals surface area contributed by atoms with Gasteiger partial charge in [-0.05, 0) is 37.5 Å². The van der Waals surface area contributed by atoms with Crippen LogP contribution in [0, 0.1) is 0 Å². The predicted octanol–water partition coefficient (Wildman–Crippen LogP) is 3.69. The van der Waals surface area contributed by atoms with Crippen LogP contribution >= 0.6 is 15.9 Å². The molecule has 1 aromatic rings. The van der Waals surface area contributed by atoms with Crippen molar-refractivity contribution in [3.05, 3.63) is 34.3 Å². The van der Waals surface area contributed by atoms with Crippen molar-refractivity contribution in [3.8, 4) is 0 Å². The van der Waals surface area contributed by atoms with Gasteiger partial charge in [0.15, 0.2) is 0 Å². The highest BCUT2D eigenvalue weighted by Gasteiger charge is 2.22. The fraction of sp³-hybridized carbons (Fsp3) is 0.455. The summed E-state index contributed by atoms with van der Waals surface area (Å²) in [6.07, 6.45) is 3.08. The molecule has 0 radical (unpaired) electrons. The van der Waals surface area contributed by atoms with Gasteiger partial charge in [0.2, 0.25) is 0 Å². The van der Waals surface area contributed by atoms with Crippen LogP contribution in [0.4, 0.5) is 0 Å². The quantitative estimate of drug-likeness (QED) is 0.728. The lowest BCUT2D eigenvalue weighted by molar-refractivity contribution is 0.0555. The van der Waals surface area contributed by atoms with E-state index in [0.29, 0.717) is 12.2 Å². The molecule has 2 atom stereocenters. The molecule has 0 amide bonds. The van der Waals surface area contributed by atoms with Crippen LogP contribution in [-0.2, 0) is 4.74 Å². The van der Waals surface area contributed by atoms with Crippen LogP contribution in [-0.4, -0.2) is 6.10 Å². The molecule has 0 bridgehead atoms. The molecular weight excluding hydrogens is 228 g/mol. The monoisotopic (exact) mass is 240 g/mol. The second-order valence-electron chi connectivity index (χ2n) is 3.56. The minimum atomic E-state index is 0.322. The first-order valence-corrected chi connectivity index (χ1v) is 5.46. The van der Waals surface area contributed by atoms with E-state index in [1.807, 2.05) is 0 Å². The van der Waals surface area contributed by atoms with E-state index >= 15 is 0 Å². The van der Waals surface area contributed by atoms with Gasteiger partial charge in [-0.1, -0.05) is 28.1 Å². The van der Waals surface area contributed by atoms with Crippen LogP contribution in [0.5, 0.6) is 0 Å². The first-order valence-electron chi connectivity index (χ1n) is 4.66. The van der Waals surface area contributed by atoms with Gasteiger partial charge < -0.3 is 4.74 Å². The zero-order valence-electron chi connectivity index (χ0n) is 7.66. The van der Waals surface area contributed by atoms with Crippen molar-refractivity contribution in [2.75, 3.05) is 0 Å². The lowest BCUT2D eigenvalue weighted by atomic mass is 10.1. The average molecular weight is 241 g/mol. The number of hydrogen-bond acceptors (Lipinski definition) is 1. The third-order valence-electron chi connectivity index (χ3n) is 2.47. The summed E-state index contributed by atoms with van der Waals surface area (Å²) in [7, 11) is 0. The van der Waals surface area contributed by atoms with Gasteiger partial charge in [-0.2, -0.15) is 0 Å². The first kappa shape index (κ1) is 9.22. The molecule has 1 aliphatic rings. The maximum absolute atomic E-state index is 5.77. The van der Waals surface area contributed by atoms with E-state index in [1.165, 1.54) is 12.0 Å². The molecule has 0 aliphatic carbocycles. The summed E-state index contributed by atoms with van der Waals surface area (Å²) in [6.45, 7) is 2.14. The summed E-state index contributed by atoms with van der Waals surface area (Å²) in [6, 6.07) is 8.41. The highest BCUT2D eigenvalue weighted by molar-refractivity contribution is 9.10. The number of ether oxygens (including phenoxy) is 1. The minimum Gasteiger partial charge on any atom is -0.371 e. The highest BCUT2D eigenvalue weighted by atomic mass is 79.9. The maximum atomic E-state index is 5.77. The van der Waals surface area contributed by atoms with Gasteiger partial charge in [-0.15, -0.1) is 0 Å². The summed E-state index contributed by atoms with van der Waals surface area (Å²) in [5.74, 6) is 0. The van der Waals surface area contributed by atoms with Crippen molar-refractivity contribution in [1.82, 2.24) is 0 Å². The molecule has 1 heterocycles. The average Bonchev–Trinajstić information content (AvgIpc) is 2.53. The highest BCUT2D eigenvalue weighted by Crippen LogP contribution is 2.32. The van der Waals surface area contributed by atoms with Gasteiger partial charge in [0.05, 0.1) is 12.2 Å². The normalized spacial score (nSPS) is 27.8. The van der Waals surface area contributed by atoms with E-state index in [0.717, 1.165) is 10.9 Å². The topological polar surface area (TPSA) is 9.23 Å². The zero-order valence-corrected chi connectivity index (χ0v) is 9.25. The molecule has 2 heteroatoms. The molecule has 70 valence electrons. The third-order valence-corrected chi connectivity index (χ3v) is 3.00. The van der Waals surface area contributed by atoms with E-state index in [2.05, 4.69) is 47.1 Å². The summed E-state index contributed by atoms with van der Waals surface area (Å²) < 4.78 is 6.90. The van der Waals surface area contributed by atoms with Crippen molar-refractivity contribution in [1.29, 1.82) is 0 Å². The van der Waals surface area contributed by atoms with E-state index in [9.17, 15) is 0 Å². The Labute approximate surface area is 87.2 Å². The Morgan fingerprint density at radius 1 is 1.23 bits per heavy atom. The molecule has 0 N–H and O–H groups in total. The van der Waals surface area contributed by atoms with Crippen LogP contribution in [0.1, 0.15) is 31.4 Å². The van der Waals surface area contributed by atoms with Gasteiger partial charge in [0.1, 0.15) is 0 Å². The molecule has 2 rings (SSSR count). The number of rotatable bonds is 1. The third kappa shape index (κ3) is 2.12. The van der Waals surface area contributed by atoms with Crippen LogP contribution in [0.25, 0.3) is 0 Å². The lowest BCUT2D eigenvalue weighted by Gasteiger charge is -2.10. The van der Waals surface area contributed by atoms with Crippen molar-refractivity contribution in [2.45, 2.75) is 32.0 Å². The van der Waals surface area contributed by atoms with Crippen molar-refractivity contribution < 1.29 is 4.74 Å². The van der Waals surface area contributed by atoms with Crippen molar-refractivity contribution in [3.63, 3.8) is 0 Å². The van der Waals surface area contributed by atoms with Gasteiger partial charge in [0.25, 0.3) is 0 Å². The molecule has 13 heavy (non-hydrogen) atoms. The van der Waals surface area contributed by atoms with Crippen LogP contribution < -0.4 is 0 Å². The lowest BCUT2D eigenvalue weighted by Crippen LogP contribution is -2.00. The van der Waals surface area contributed by atoms with Gasteiger partial charge in [0, 0.05) is 4.47 Å². The van der Waals surface area contributed by atoms with Crippen molar-refractivity contribution >= 4 is 15.9 Å². The standard InChI is InChI=1S/C11H13BrO/c1-8-2-7-11(13-8)9-3-5-10(12)6-4-9/h3-6,8,11H,2,7H2,1H3. The number of benzene rings is 1. The molecule has 1 aliphatic heterocycles. The minimum absolute atomic E-state index is 0.322. The summed E-state index contributed by atoms with van der Waals surface area (Å²) in [4.78, 5) is 0. The van der Waals surface area contributed by atoms with E-state index < -0.39 is 0 Å². The van der Waals surface area contributed by atoms with Gasteiger partial charge in [-0.25, -0.2) is 0 Å². The maximum Gasteiger partial charge on any atom is 0.0829 e. The zero-order chi connectivity index (χ0) is 9.26. The molecular formula is C11H13BrO. The van der Waals surface area contributed by atoms with Gasteiger partial charge >= 0.3 is 0 Å². The Morgan fingerprint density at radius 2 is 1.92 bits per heavy atom. The molecule has 0 aromatic heterocycles. The Hall–Kier alpha value is -0.340. The second-order valence-corrected chi connectivity index (χ2v) is 4.48. The summed E-state index contributed by atoms with van der Waals surface area (Å²) in [5, 5.41) is 0. The fourth-order valence-electron chi connectivity index (χ4n) is 1.73. The van der Waals surface area contributed by atoms with Crippen LogP contribution in [0.3, 0.4) is 0 Å². The fourth-order valence-corrected chi connectivity index (χ4v) is 1.99. The van der Waals surface area contributed by atoms with Crippen molar-refractivity contribution in [2.24, 2.45) is 0 Å². The first-order chi connectivity index (χ1) is 6.25. The predicted molar refractivity (Wildman–Crippen MR) is 56.7 cm³/mol. The molecule has 0 spiro atoms. The second kappa shape index (κ2) is 3.81. The Kier molecular flexibility index (Phi) is 2.70. The number of halogens is 1. The van der Waals surface area contributed by atoms with Crippen LogP contribution in [0.15, 0.2) is 28.7 Å². The molecule has 2 unspecified atom stereocenters. The Balaban J connectivity index is 2.13. The Morgan fingerprint density at radius 3 is 2.46 bits per heavy atom. The Bertz CT molecular complexity index is 281.